The molecule has 0 amide bonds. The Labute approximate surface area is 228 Å². The van der Waals surface area contributed by atoms with Crippen LogP contribution in [0.25, 0.3) is 45.9 Å². The van der Waals surface area contributed by atoms with Crippen LogP contribution in [-0.2, 0) is 16.5 Å². The van der Waals surface area contributed by atoms with E-state index in [-0.39, 0.29) is 6.42 Å². The van der Waals surface area contributed by atoms with Crippen molar-refractivity contribution in [3.63, 3.8) is 0 Å². The van der Waals surface area contributed by atoms with E-state index in [4.69, 9.17) is 33.2 Å². The third-order valence-electron chi connectivity index (χ3n) is 6.24. The Bertz CT molecular complexity index is 1940. The maximum absolute atomic E-state index is 11.3. The Balaban J connectivity index is 1.57. The van der Waals surface area contributed by atoms with Gasteiger partial charge >= 0.3 is 0 Å². The number of aromatic amines is 2. The zero-order valence-corrected chi connectivity index (χ0v) is 22.1. The number of fused-ring (bicyclic) bond motifs is 8. The van der Waals surface area contributed by atoms with Crippen molar-refractivity contribution in [2.45, 2.75) is 6.42 Å². The molecule has 0 unspecified atom stereocenters. The van der Waals surface area contributed by atoms with Crippen LogP contribution in [0.15, 0.2) is 60.7 Å². The summed E-state index contributed by atoms with van der Waals surface area (Å²) in [4.78, 5) is 16.3. The largest absolute Gasteiger partial charge is 0.355 e. The first-order valence-electron chi connectivity index (χ1n) is 11.7. The van der Waals surface area contributed by atoms with Gasteiger partial charge < -0.3 is 9.97 Å². The quantitative estimate of drug-likeness (QED) is 0.204. The molecule has 0 fully saturated rings. The monoisotopic (exact) mass is 562 g/mol. The second kappa shape index (κ2) is 9.56. The fourth-order valence-corrected chi connectivity index (χ4v) is 5.64. The van der Waals surface area contributed by atoms with E-state index >= 15 is 0 Å². The predicted molar refractivity (Wildman–Crippen MR) is 153 cm³/mol. The Morgan fingerprint density at radius 1 is 0.763 bits per heavy atom. The highest BCUT2D eigenvalue weighted by Gasteiger charge is 2.21. The van der Waals surface area contributed by atoms with Crippen molar-refractivity contribution in [1.82, 2.24) is 19.9 Å². The molecule has 4 aromatic rings. The summed E-state index contributed by atoms with van der Waals surface area (Å²) in [6.07, 6.45) is 5.77. The molecule has 3 N–H and O–H groups in total. The van der Waals surface area contributed by atoms with Crippen molar-refractivity contribution in [3.05, 3.63) is 105 Å². The lowest BCUT2D eigenvalue weighted by molar-refractivity contribution is 0.482. The average Bonchev–Trinajstić information content (AvgIpc) is 3.64. The molecule has 3 aromatic heterocycles. The maximum atomic E-state index is 11.3. The first kappa shape index (κ1) is 24.6. The van der Waals surface area contributed by atoms with Gasteiger partial charge in [0.1, 0.15) is 0 Å². The van der Waals surface area contributed by atoms with E-state index in [2.05, 4.69) is 9.97 Å². The SMILES string of the molecule is O=S(=O)(O)CCc1ccc(Cl)c(C2=Cc3cc4ccc(cc5ccc(cc6nc(cc2n3)C=C6)[nH]5)[nH]4)c1Cl. The van der Waals surface area contributed by atoms with Crippen molar-refractivity contribution < 1.29 is 13.0 Å². The summed E-state index contributed by atoms with van der Waals surface area (Å²) in [6, 6.07) is 19.1. The molecular formula is C28H20Cl2N4O3S. The van der Waals surface area contributed by atoms with Crippen molar-refractivity contribution in [2.75, 3.05) is 5.75 Å². The van der Waals surface area contributed by atoms with Crippen molar-refractivity contribution in [1.29, 1.82) is 0 Å². The highest BCUT2D eigenvalue weighted by molar-refractivity contribution is 7.85. The molecule has 8 bridgehead atoms. The summed E-state index contributed by atoms with van der Waals surface area (Å²) < 4.78 is 31.9. The first-order valence-corrected chi connectivity index (χ1v) is 14.1. The fourth-order valence-electron chi connectivity index (χ4n) is 4.49. The highest BCUT2D eigenvalue weighted by atomic mass is 35.5. The second-order valence-electron chi connectivity index (χ2n) is 9.02. The Kier molecular flexibility index (Phi) is 6.20. The Hall–Kier alpha value is -3.69. The van der Waals surface area contributed by atoms with E-state index < -0.39 is 15.9 Å². The second-order valence-corrected chi connectivity index (χ2v) is 11.4. The van der Waals surface area contributed by atoms with Crippen molar-refractivity contribution >= 4 is 79.2 Å². The van der Waals surface area contributed by atoms with Crippen LogP contribution >= 0.6 is 23.2 Å². The van der Waals surface area contributed by atoms with Gasteiger partial charge in [-0.3, -0.25) is 4.55 Å². The first-order chi connectivity index (χ1) is 18.2. The summed E-state index contributed by atoms with van der Waals surface area (Å²) in [5.41, 5.74) is 8.27. The van der Waals surface area contributed by atoms with E-state index in [1.54, 1.807) is 12.1 Å². The van der Waals surface area contributed by atoms with Gasteiger partial charge in [0.15, 0.2) is 0 Å². The summed E-state index contributed by atoms with van der Waals surface area (Å²) in [6.45, 7) is 0. The number of rotatable bonds is 4. The van der Waals surface area contributed by atoms with Gasteiger partial charge in [0.25, 0.3) is 10.1 Å². The van der Waals surface area contributed by atoms with Gasteiger partial charge in [0.05, 0.1) is 33.6 Å². The minimum Gasteiger partial charge on any atom is -0.355 e. The van der Waals surface area contributed by atoms with Gasteiger partial charge in [-0.15, -0.1) is 0 Å². The third-order valence-corrected chi connectivity index (χ3v) is 7.70. The van der Waals surface area contributed by atoms with E-state index in [1.165, 1.54) is 0 Å². The number of aryl methyl sites for hydroxylation is 1. The fraction of sp³-hybridized carbons (Fsp3) is 0.0714. The van der Waals surface area contributed by atoms with Gasteiger partial charge in [0.2, 0.25) is 0 Å². The number of H-pyrrole nitrogens is 2. The highest BCUT2D eigenvalue weighted by Crippen LogP contribution is 2.39. The van der Waals surface area contributed by atoms with Gasteiger partial charge in [-0.2, -0.15) is 8.42 Å². The smallest absolute Gasteiger partial charge is 0.265 e. The lowest BCUT2D eigenvalue weighted by Gasteiger charge is -2.12. The molecule has 2 aliphatic heterocycles. The summed E-state index contributed by atoms with van der Waals surface area (Å²) in [5.74, 6) is -0.448. The van der Waals surface area contributed by atoms with E-state index in [0.29, 0.717) is 43.8 Å². The molecule has 38 heavy (non-hydrogen) atoms. The van der Waals surface area contributed by atoms with Crippen LogP contribution in [0.5, 0.6) is 0 Å². The van der Waals surface area contributed by atoms with Crippen LogP contribution in [0.2, 0.25) is 10.0 Å². The van der Waals surface area contributed by atoms with Crippen LogP contribution in [0.3, 0.4) is 0 Å². The van der Waals surface area contributed by atoms with Crippen LogP contribution in [0.1, 0.15) is 33.9 Å². The molecule has 190 valence electrons. The molecule has 0 atom stereocenters. The topological polar surface area (TPSA) is 112 Å². The zero-order valence-electron chi connectivity index (χ0n) is 19.7. The molecule has 0 saturated carbocycles. The molecule has 5 heterocycles. The van der Waals surface area contributed by atoms with Crippen molar-refractivity contribution in [3.8, 4) is 0 Å². The number of halogens is 2. The van der Waals surface area contributed by atoms with Crippen LogP contribution in [0.4, 0.5) is 0 Å². The maximum Gasteiger partial charge on any atom is 0.265 e. The lowest BCUT2D eigenvalue weighted by Crippen LogP contribution is -2.07. The summed E-state index contributed by atoms with van der Waals surface area (Å²) in [5, 5.41) is 0.706. The molecule has 7 nitrogen and oxygen atoms in total. The molecule has 0 aliphatic carbocycles. The van der Waals surface area contributed by atoms with E-state index in [9.17, 15) is 13.0 Å². The average molecular weight is 563 g/mol. The summed E-state index contributed by atoms with van der Waals surface area (Å²) >= 11 is 13.4. The number of nitrogens with one attached hydrogen (secondary N) is 2. The van der Waals surface area contributed by atoms with Crippen LogP contribution < -0.4 is 0 Å². The van der Waals surface area contributed by atoms with Gasteiger partial charge in [-0.1, -0.05) is 29.3 Å². The lowest BCUT2D eigenvalue weighted by atomic mass is 9.99. The molecule has 1 aromatic carbocycles. The molecular weight excluding hydrogens is 543 g/mol. The van der Waals surface area contributed by atoms with Crippen LogP contribution in [0, 0.1) is 0 Å². The van der Waals surface area contributed by atoms with E-state index in [0.717, 1.165) is 27.8 Å². The Morgan fingerprint density at radius 3 is 2.03 bits per heavy atom. The molecule has 0 saturated heterocycles. The van der Waals surface area contributed by atoms with Gasteiger partial charge in [-0.25, -0.2) is 9.97 Å². The molecule has 6 rings (SSSR count). The molecule has 0 radical (unpaired) electrons. The van der Waals surface area contributed by atoms with E-state index in [1.807, 2.05) is 66.8 Å². The van der Waals surface area contributed by atoms with Crippen LogP contribution in [-0.4, -0.2) is 38.7 Å². The number of hydrogen-bond acceptors (Lipinski definition) is 4. The standard InChI is InChI=1S/C28H20Cl2N4O3S/c29-25-8-1-16(9-10-38(35,36)37)28(30)27(25)24-14-23-13-21-5-4-19(32-21)11-17-2-3-18(31-17)12-20-6-7-22(33-20)15-26(24)34-23/h1-8,11-15,31-32H,9-10H2,(H,35,36,37). The normalized spacial score (nSPS) is 13.1. The minimum absolute atomic E-state index is 0.0413. The summed E-state index contributed by atoms with van der Waals surface area (Å²) in [7, 11) is -4.15. The van der Waals surface area contributed by atoms with Crippen molar-refractivity contribution in [2.24, 2.45) is 0 Å². The third kappa shape index (κ3) is 5.16. The van der Waals surface area contributed by atoms with Gasteiger partial charge in [0, 0.05) is 38.2 Å². The minimum atomic E-state index is -4.15. The number of hydrogen-bond donors (Lipinski definition) is 3. The molecule has 2 aliphatic rings. The molecule has 0 spiro atoms. The predicted octanol–water partition coefficient (Wildman–Crippen LogP) is 6.81. The number of aromatic nitrogens is 4. The zero-order chi connectivity index (χ0) is 26.4. The molecule has 10 heteroatoms. The van der Waals surface area contributed by atoms with Gasteiger partial charge in [-0.05, 0) is 84.8 Å². The number of nitrogens with zero attached hydrogens (tertiary/aromatic N) is 2. The Morgan fingerprint density at radius 2 is 1.37 bits per heavy atom. The number of benzene rings is 1.